The molecule has 2 N–H and O–H groups in total. The number of carbonyl (C=O) groups excluding carboxylic acids is 1. The van der Waals surface area contributed by atoms with Gasteiger partial charge in [-0.15, -0.1) is 0 Å². The predicted molar refractivity (Wildman–Crippen MR) is 114 cm³/mol. The summed E-state index contributed by atoms with van der Waals surface area (Å²) < 4.78 is 11.2. The fourth-order valence-corrected chi connectivity index (χ4v) is 3.05. The van der Waals surface area contributed by atoms with E-state index < -0.39 is 6.10 Å². The molecule has 5 heteroatoms. The van der Waals surface area contributed by atoms with Crippen LogP contribution in [0.25, 0.3) is 0 Å². The van der Waals surface area contributed by atoms with Crippen LogP contribution in [0.15, 0.2) is 48.5 Å². The molecule has 0 fully saturated rings. The van der Waals surface area contributed by atoms with E-state index in [1.165, 1.54) is 25.0 Å². The molecule has 0 saturated heterocycles. The van der Waals surface area contributed by atoms with Crippen molar-refractivity contribution in [2.45, 2.75) is 45.6 Å². The van der Waals surface area contributed by atoms with E-state index in [9.17, 15) is 15.0 Å². The van der Waals surface area contributed by atoms with Gasteiger partial charge in [0.15, 0.2) is 5.78 Å². The third kappa shape index (κ3) is 7.52. The second-order valence-electron chi connectivity index (χ2n) is 7.29. The number of aliphatic hydroxyl groups is 1. The molecule has 2 rings (SSSR count). The Labute approximate surface area is 173 Å². The number of aromatic hydroxyl groups is 1. The number of aliphatic hydroxyl groups excluding tert-OH is 1. The van der Waals surface area contributed by atoms with Crippen molar-refractivity contribution in [3.05, 3.63) is 59.7 Å². The predicted octanol–water partition coefficient (Wildman–Crippen LogP) is 4.60. The first-order chi connectivity index (χ1) is 14.0. The van der Waals surface area contributed by atoms with E-state index in [-0.39, 0.29) is 30.3 Å². The zero-order chi connectivity index (χ0) is 21.1. The zero-order valence-corrected chi connectivity index (χ0v) is 17.3. The quantitative estimate of drug-likeness (QED) is 0.481. The topological polar surface area (TPSA) is 76.0 Å². The Hall–Kier alpha value is -2.37. The van der Waals surface area contributed by atoms with Crippen molar-refractivity contribution in [3.8, 4) is 11.5 Å². The highest BCUT2D eigenvalue weighted by Crippen LogP contribution is 2.26. The van der Waals surface area contributed by atoms with E-state index in [0.29, 0.717) is 23.8 Å². The summed E-state index contributed by atoms with van der Waals surface area (Å²) in [4.78, 5) is 12.5. The highest BCUT2D eigenvalue weighted by atomic mass is 16.5. The second kappa shape index (κ2) is 12.2. The van der Waals surface area contributed by atoms with E-state index in [2.05, 4.69) is 13.8 Å². The zero-order valence-electron chi connectivity index (χ0n) is 17.3. The van der Waals surface area contributed by atoms with Crippen LogP contribution in [0, 0.1) is 5.92 Å². The summed E-state index contributed by atoms with van der Waals surface area (Å²) in [5.74, 6) is 0.510. The molecule has 5 nitrogen and oxygen atoms in total. The Bertz CT molecular complexity index is 744. The van der Waals surface area contributed by atoms with Crippen LogP contribution in [0.3, 0.4) is 0 Å². The van der Waals surface area contributed by atoms with Gasteiger partial charge in [0.1, 0.15) is 24.2 Å². The summed E-state index contributed by atoms with van der Waals surface area (Å²) >= 11 is 0. The summed E-state index contributed by atoms with van der Waals surface area (Å²) in [5, 5.41) is 20.3. The molecular weight excluding hydrogens is 368 g/mol. The maximum atomic E-state index is 12.5. The van der Waals surface area contributed by atoms with Gasteiger partial charge < -0.3 is 19.7 Å². The van der Waals surface area contributed by atoms with Crippen LogP contribution >= 0.6 is 0 Å². The lowest BCUT2D eigenvalue weighted by atomic mass is 10.0. The van der Waals surface area contributed by atoms with Crippen LogP contribution < -0.4 is 4.74 Å². The highest BCUT2D eigenvalue weighted by Gasteiger charge is 2.15. The average Bonchev–Trinajstić information content (AvgIpc) is 2.75. The van der Waals surface area contributed by atoms with Gasteiger partial charge in [0.25, 0.3) is 0 Å². The molecule has 0 aliphatic rings. The Morgan fingerprint density at radius 3 is 2.45 bits per heavy atom. The van der Waals surface area contributed by atoms with Gasteiger partial charge in [0, 0.05) is 18.2 Å². The maximum absolute atomic E-state index is 12.5. The Morgan fingerprint density at radius 2 is 1.79 bits per heavy atom. The summed E-state index contributed by atoms with van der Waals surface area (Å²) in [6, 6.07) is 13.3. The lowest BCUT2D eigenvalue weighted by Crippen LogP contribution is -2.25. The minimum atomic E-state index is -0.758. The van der Waals surface area contributed by atoms with E-state index in [4.69, 9.17) is 9.47 Å². The molecule has 0 spiro atoms. The molecule has 0 bridgehead atoms. The number of hydrogen-bond acceptors (Lipinski definition) is 5. The summed E-state index contributed by atoms with van der Waals surface area (Å²) in [5.41, 5.74) is 0.721. The number of benzene rings is 2. The maximum Gasteiger partial charge on any atom is 0.196 e. The Balaban J connectivity index is 1.80. The number of hydrogen-bond donors (Lipinski definition) is 2. The van der Waals surface area contributed by atoms with Crippen molar-refractivity contribution < 1.29 is 24.5 Å². The van der Waals surface area contributed by atoms with Gasteiger partial charge in [-0.25, -0.2) is 0 Å². The third-order valence-electron chi connectivity index (χ3n) is 4.90. The Kier molecular flexibility index (Phi) is 9.68. The molecule has 2 aromatic rings. The molecule has 2 atom stereocenters. The smallest absolute Gasteiger partial charge is 0.196 e. The summed E-state index contributed by atoms with van der Waals surface area (Å²) in [6.07, 6.45) is 3.83. The van der Waals surface area contributed by atoms with Gasteiger partial charge in [-0.05, 0) is 24.5 Å². The van der Waals surface area contributed by atoms with Crippen molar-refractivity contribution >= 4 is 5.78 Å². The van der Waals surface area contributed by atoms with E-state index in [1.54, 1.807) is 30.3 Å². The van der Waals surface area contributed by atoms with Gasteiger partial charge in [-0.2, -0.15) is 0 Å². The lowest BCUT2D eigenvalue weighted by molar-refractivity contribution is -0.00112. The highest BCUT2D eigenvalue weighted by molar-refractivity contribution is 6.10. The van der Waals surface area contributed by atoms with Crippen LogP contribution in [0.4, 0.5) is 0 Å². The first-order valence-electron chi connectivity index (χ1n) is 10.4. The molecule has 0 radical (unpaired) electrons. The summed E-state index contributed by atoms with van der Waals surface area (Å²) in [6.45, 7) is 5.24. The van der Waals surface area contributed by atoms with Crippen LogP contribution in [-0.4, -0.2) is 41.9 Å². The number of carbonyl (C=O) groups is 1. The van der Waals surface area contributed by atoms with E-state index in [1.807, 2.05) is 6.07 Å². The normalized spacial score (nSPS) is 13.1. The van der Waals surface area contributed by atoms with E-state index >= 15 is 0 Å². The molecule has 0 aromatic heterocycles. The van der Waals surface area contributed by atoms with Crippen molar-refractivity contribution in [1.29, 1.82) is 0 Å². The average molecular weight is 401 g/mol. The van der Waals surface area contributed by atoms with Crippen LogP contribution in [-0.2, 0) is 4.74 Å². The van der Waals surface area contributed by atoms with Crippen LogP contribution in [0.5, 0.6) is 11.5 Å². The standard InChI is InChI=1S/C24H32O5/c1-3-5-9-18(4-2)15-28-16-20(25)17-29-21-12-13-22(23(26)14-21)24(27)19-10-7-6-8-11-19/h6-8,10-14,18,20,25-26H,3-5,9,15-17H2,1-2H3. The fourth-order valence-electron chi connectivity index (χ4n) is 3.05. The molecular formula is C24H32O5. The van der Waals surface area contributed by atoms with Gasteiger partial charge in [-0.1, -0.05) is 63.4 Å². The third-order valence-corrected chi connectivity index (χ3v) is 4.90. The van der Waals surface area contributed by atoms with E-state index in [0.717, 1.165) is 12.8 Å². The molecule has 0 aliphatic heterocycles. The SMILES string of the molecule is CCCCC(CC)COCC(O)COc1ccc(C(=O)c2ccccc2)c(O)c1. The molecule has 2 unspecified atom stereocenters. The number of ether oxygens (including phenoxy) is 2. The largest absolute Gasteiger partial charge is 0.507 e. The molecule has 0 heterocycles. The first kappa shape index (κ1) is 22.9. The Morgan fingerprint density at radius 1 is 1.03 bits per heavy atom. The van der Waals surface area contributed by atoms with Gasteiger partial charge in [-0.3, -0.25) is 4.79 Å². The van der Waals surface area contributed by atoms with Gasteiger partial charge in [0.2, 0.25) is 0 Å². The van der Waals surface area contributed by atoms with Gasteiger partial charge >= 0.3 is 0 Å². The second-order valence-corrected chi connectivity index (χ2v) is 7.29. The van der Waals surface area contributed by atoms with Crippen molar-refractivity contribution in [2.24, 2.45) is 5.92 Å². The fraction of sp³-hybridized carbons (Fsp3) is 0.458. The number of rotatable bonds is 13. The van der Waals surface area contributed by atoms with Crippen molar-refractivity contribution in [1.82, 2.24) is 0 Å². The molecule has 29 heavy (non-hydrogen) atoms. The van der Waals surface area contributed by atoms with Crippen molar-refractivity contribution in [3.63, 3.8) is 0 Å². The molecule has 158 valence electrons. The van der Waals surface area contributed by atoms with Crippen molar-refractivity contribution in [2.75, 3.05) is 19.8 Å². The molecule has 2 aromatic carbocycles. The number of unbranched alkanes of at least 4 members (excludes halogenated alkanes) is 1. The minimum absolute atomic E-state index is 0.0527. The molecule has 0 amide bonds. The lowest BCUT2D eigenvalue weighted by Gasteiger charge is -2.17. The number of phenolic OH excluding ortho intramolecular Hbond substituents is 1. The van der Waals surface area contributed by atoms with Crippen LogP contribution in [0.2, 0.25) is 0 Å². The molecule has 0 aliphatic carbocycles. The van der Waals surface area contributed by atoms with Gasteiger partial charge in [0.05, 0.1) is 12.2 Å². The summed E-state index contributed by atoms with van der Waals surface area (Å²) in [7, 11) is 0. The molecule has 0 saturated carbocycles. The number of phenols is 1. The minimum Gasteiger partial charge on any atom is -0.507 e. The monoisotopic (exact) mass is 400 g/mol. The first-order valence-corrected chi connectivity index (χ1v) is 10.4. The number of ketones is 1. The van der Waals surface area contributed by atoms with Crippen LogP contribution in [0.1, 0.15) is 55.5 Å².